The summed E-state index contributed by atoms with van der Waals surface area (Å²) in [5.41, 5.74) is 5.22. The van der Waals surface area contributed by atoms with E-state index in [2.05, 4.69) is 58.6 Å². The number of aliphatic hydroxyl groups is 1. The first-order chi connectivity index (χ1) is 22.6. The first-order valence-corrected chi connectivity index (χ1v) is 18.9. The van der Waals surface area contributed by atoms with E-state index in [4.69, 9.17) is 9.47 Å². The monoisotopic (exact) mass is 660 g/mol. The first-order valence-electron chi connectivity index (χ1n) is 18.9. The van der Waals surface area contributed by atoms with Gasteiger partial charge in [0.25, 0.3) is 0 Å². The van der Waals surface area contributed by atoms with Gasteiger partial charge in [0.15, 0.2) is 0 Å². The number of unbranched alkanes of at least 4 members (excludes halogenated alkanes) is 10. The second-order valence-electron chi connectivity index (χ2n) is 13.8. The number of hydrogen-bond acceptors (Lipinski definition) is 6. The van der Waals surface area contributed by atoms with Gasteiger partial charge < -0.3 is 19.5 Å². The highest BCUT2D eigenvalue weighted by molar-refractivity contribution is 5.69. The van der Waals surface area contributed by atoms with Gasteiger partial charge >= 0.3 is 11.9 Å². The maximum absolute atomic E-state index is 12.0. The molecule has 0 aromatic heterocycles. The summed E-state index contributed by atoms with van der Waals surface area (Å²) in [5, 5.41) is 9.31. The van der Waals surface area contributed by atoms with Crippen molar-refractivity contribution in [3.63, 3.8) is 0 Å². The number of aliphatic hydroxyl groups excluding tert-OH is 1. The van der Waals surface area contributed by atoms with Crippen LogP contribution in [0.4, 0.5) is 0 Å². The van der Waals surface area contributed by atoms with Gasteiger partial charge in [-0.05, 0) is 125 Å². The molecule has 0 aliphatic carbocycles. The van der Waals surface area contributed by atoms with Crippen LogP contribution in [0.3, 0.4) is 0 Å². The predicted molar refractivity (Wildman–Crippen MR) is 200 cm³/mol. The van der Waals surface area contributed by atoms with Crippen LogP contribution in [-0.4, -0.2) is 61.4 Å². The van der Waals surface area contributed by atoms with Crippen LogP contribution in [0.15, 0.2) is 46.6 Å². The fourth-order valence-corrected chi connectivity index (χ4v) is 5.33. The lowest BCUT2D eigenvalue weighted by Gasteiger charge is -2.22. The third-order valence-electron chi connectivity index (χ3n) is 8.38. The molecule has 1 N–H and O–H groups in total. The van der Waals surface area contributed by atoms with Crippen molar-refractivity contribution in [2.75, 3.05) is 39.5 Å². The van der Waals surface area contributed by atoms with E-state index < -0.39 is 0 Å². The smallest absolute Gasteiger partial charge is 0.306 e. The molecule has 0 spiro atoms. The molecular weight excluding hydrogens is 586 g/mol. The maximum atomic E-state index is 12.0. The molecular formula is C41H73NO5. The Morgan fingerprint density at radius 2 is 0.851 bits per heavy atom. The Bertz CT molecular complexity index is 839. The average molecular weight is 660 g/mol. The Morgan fingerprint density at radius 1 is 0.489 bits per heavy atom. The SMILES string of the molecule is CC(C)=CCC/C(C)=C\COC(=O)CCCCCCCCN(CCCO)CCCCCCCCC(=O)OC/C=C(/C)CCC=C(C)C. The van der Waals surface area contributed by atoms with Gasteiger partial charge in [-0.15, -0.1) is 0 Å². The minimum atomic E-state index is -0.0851. The Hall–Kier alpha value is -2.18. The molecule has 0 atom stereocenters. The van der Waals surface area contributed by atoms with Crippen LogP contribution < -0.4 is 0 Å². The van der Waals surface area contributed by atoms with Gasteiger partial charge in [0, 0.05) is 26.0 Å². The summed E-state index contributed by atoms with van der Waals surface area (Å²) < 4.78 is 10.7. The first kappa shape index (κ1) is 44.8. The van der Waals surface area contributed by atoms with Gasteiger partial charge in [-0.25, -0.2) is 0 Å². The van der Waals surface area contributed by atoms with E-state index in [1.807, 2.05) is 12.2 Å². The molecule has 0 bridgehead atoms. The topological polar surface area (TPSA) is 76.1 Å². The molecule has 0 unspecified atom stereocenters. The third-order valence-corrected chi connectivity index (χ3v) is 8.38. The lowest BCUT2D eigenvalue weighted by molar-refractivity contribution is -0.143. The van der Waals surface area contributed by atoms with Crippen molar-refractivity contribution in [3.05, 3.63) is 46.6 Å². The average Bonchev–Trinajstić information content (AvgIpc) is 3.01. The highest BCUT2D eigenvalue weighted by Gasteiger charge is 2.06. The predicted octanol–water partition coefficient (Wildman–Crippen LogP) is 10.6. The number of carbonyl (C=O) groups excluding carboxylic acids is 2. The molecule has 0 aliphatic heterocycles. The summed E-state index contributed by atoms with van der Waals surface area (Å²) in [6.45, 7) is 16.8. The molecule has 0 aromatic carbocycles. The summed E-state index contributed by atoms with van der Waals surface area (Å²) in [4.78, 5) is 26.5. The van der Waals surface area contributed by atoms with Gasteiger partial charge in [-0.1, -0.05) is 85.8 Å². The van der Waals surface area contributed by atoms with E-state index in [0.29, 0.717) is 26.1 Å². The summed E-state index contributed by atoms with van der Waals surface area (Å²) in [6.07, 6.45) is 28.0. The van der Waals surface area contributed by atoms with E-state index in [-0.39, 0.29) is 18.5 Å². The molecule has 0 aliphatic rings. The quantitative estimate of drug-likeness (QED) is 0.0453. The number of ether oxygens (including phenoxy) is 2. The zero-order chi connectivity index (χ0) is 35.0. The van der Waals surface area contributed by atoms with E-state index in [9.17, 15) is 14.7 Å². The Kier molecular flexibility index (Phi) is 30.9. The van der Waals surface area contributed by atoms with E-state index in [1.165, 1.54) is 73.7 Å². The number of esters is 2. The largest absolute Gasteiger partial charge is 0.461 e. The fourth-order valence-electron chi connectivity index (χ4n) is 5.33. The highest BCUT2D eigenvalue weighted by atomic mass is 16.5. The van der Waals surface area contributed by atoms with Crippen LogP contribution in [0.25, 0.3) is 0 Å². The van der Waals surface area contributed by atoms with Gasteiger partial charge in [-0.3, -0.25) is 9.59 Å². The zero-order valence-corrected chi connectivity index (χ0v) is 31.5. The number of hydrogen-bond donors (Lipinski definition) is 1. The number of nitrogens with zero attached hydrogens (tertiary/aromatic N) is 1. The van der Waals surface area contributed by atoms with Crippen molar-refractivity contribution in [1.29, 1.82) is 0 Å². The summed E-state index contributed by atoms with van der Waals surface area (Å²) in [7, 11) is 0. The second kappa shape index (κ2) is 32.4. The van der Waals surface area contributed by atoms with E-state index in [0.717, 1.165) is 77.4 Å². The molecule has 6 heteroatoms. The van der Waals surface area contributed by atoms with Gasteiger partial charge in [0.1, 0.15) is 13.2 Å². The molecule has 0 radical (unpaired) electrons. The molecule has 0 heterocycles. The van der Waals surface area contributed by atoms with E-state index >= 15 is 0 Å². The lowest BCUT2D eigenvalue weighted by Crippen LogP contribution is -2.27. The molecule has 0 fully saturated rings. The van der Waals surface area contributed by atoms with Gasteiger partial charge in [0.05, 0.1) is 0 Å². The number of allylic oxidation sites excluding steroid dienone is 6. The zero-order valence-electron chi connectivity index (χ0n) is 31.5. The molecule has 0 aromatic rings. The van der Waals surface area contributed by atoms with Crippen LogP contribution in [0.5, 0.6) is 0 Å². The minimum Gasteiger partial charge on any atom is -0.461 e. The molecule has 47 heavy (non-hydrogen) atoms. The third kappa shape index (κ3) is 33.5. The molecule has 0 saturated heterocycles. The molecule has 0 amide bonds. The number of rotatable bonds is 31. The summed E-state index contributed by atoms with van der Waals surface area (Å²) >= 11 is 0. The van der Waals surface area contributed by atoms with Crippen molar-refractivity contribution in [2.45, 2.75) is 164 Å². The molecule has 0 saturated carbocycles. The fraction of sp³-hybridized carbons (Fsp3) is 0.756. The second-order valence-corrected chi connectivity index (χ2v) is 13.8. The van der Waals surface area contributed by atoms with Crippen molar-refractivity contribution in [3.8, 4) is 0 Å². The van der Waals surface area contributed by atoms with Crippen LogP contribution >= 0.6 is 0 Å². The molecule has 6 nitrogen and oxygen atoms in total. The normalized spacial score (nSPS) is 11.9. The van der Waals surface area contributed by atoms with Gasteiger partial charge in [0.2, 0.25) is 0 Å². The Labute approximate surface area is 290 Å². The molecule has 0 rings (SSSR count). The standard InChI is InChI=1S/C41H73NO5/c1-36(2)22-19-24-38(5)28-34-46-40(44)26-15-11-7-9-13-17-30-42(32-21-33-43)31-18-14-10-8-12-16-27-41(45)47-35-29-39(6)25-20-23-37(3)4/h22-23,28-29,43H,7-21,24-27,30-35H2,1-6H3/b38-28-,39-29-. The van der Waals surface area contributed by atoms with Gasteiger partial charge in [-0.2, -0.15) is 0 Å². The highest BCUT2D eigenvalue weighted by Crippen LogP contribution is 2.12. The minimum absolute atomic E-state index is 0.0851. The van der Waals surface area contributed by atoms with Crippen LogP contribution in [-0.2, 0) is 19.1 Å². The van der Waals surface area contributed by atoms with Crippen molar-refractivity contribution < 1.29 is 24.2 Å². The van der Waals surface area contributed by atoms with Crippen molar-refractivity contribution >= 4 is 11.9 Å². The van der Waals surface area contributed by atoms with Crippen molar-refractivity contribution in [2.24, 2.45) is 0 Å². The van der Waals surface area contributed by atoms with Crippen molar-refractivity contribution in [1.82, 2.24) is 4.90 Å². The summed E-state index contributed by atoms with van der Waals surface area (Å²) in [5.74, 6) is -0.170. The Morgan fingerprint density at radius 3 is 1.23 bits per heavy atom. The maximum Gasteiger partial charge on any atom is 0.306 e. The van der Waals surface area contributed by atoms with Crippen LogP contribution in [0, 0.1) is 0 Å². The van der Waals surface area contributed by atoms with Crippen LogP contribution in [0.1, 0.15) is 164 Å². The van der Waals surface area contributed by atoms with Crippen LogP contribution in [0.2, 0.25) is 0 Å². The number of carbonyl (C=O) groups is 2. The summed E-state index contributed by atoms with van der Waals surface area (Å²) in [6, 6.07) is 0. The molecule has 272 valence electrons. The lowest BCUT2D eigenvalue weighted by atomic mass is 10.1. The Balaban J connectivity index is 3.82. The van der Waals surface area contributed by atoms with E-state index in [1.54, 1.807) is 0 Å².